The Bertz CT molecular complexity index is 488. The minimum absolute atomic E-state index is 0.305. The zero-order chi connectivity index (χ0) is 12.5. The van der Waals surface area contributed by atoms with Crippen LogP contribution in [0.25, 0.3) is 0 Å². The molecule has 96 valence electrons. The second-order valence-electron chi connectivity index (χ2n) is 4.09. The van der Waals surface area contributed by atoms with Gasteiger partial charge in [0.15, 0.2) is 5.03 Å². The van der Waals surface area contributed by atoms with E-state index in [4.69, 9.17) is 0 Å². The lowest BCUT2D eigenvalue weighted by atomic mass is 10.4. The van der Waals surface area contributed by atoms with E-state index in [1.165, 1.54) is 4.31 Å². The molecule has 1 fully saturated rings. The van der Waals surface area contributed by atoms with E-state index in [1.807, 2.05) is 13.8 Å². The molecule has 0 saturated carbocycles. The highest BCUT2D eigenvalue weighted by Gasteiger charge is 2.29. The molecule has 1 aromatic rings. The quantitative estimate of drug-likeness (QED) is 0.815. The van der Waals surface area contributed by atoms with Gasteiger partial charge in [-0.15, -0.1) is 0 Å². The van der Waals surface area contributed by atoms with Gasteiger partial charge in [-0.1, -0.05) is 0 Å². The first-order chi connectivity index (χ1) is 8.05. The van der Waals surface area contributed by atoms with Gasteiger partial charge in [0, 0.05) is 32.7 Å². The van der Waals surface area contributed by atoms with E-state index in [2.05, 4.69) is 10.4 Å². The Hall–Kier alpha value is -0.920. The summed E-state index contributed by atoms with van der Waals surface area (Å²) in [6.07, 6.45) is 0. The Labute approximate surface area is 102 Å². The number of nitrogens with zero attached hydrogens (tertiary/aromatic N) is 3. The van der Waals surface area contributed by atoms with E-state index < -0.39 is 10.0 Å². The summed E-state index contributed by atoms with van der Waals surface area (Å²) in [4.78, 5) is 0. The van der Waals surface area contributed by atoms with Crippen molar-refractivity contribution in [1.82, 2.24) is 19.4 Å². The van der Waals surface area contributed by atoms with Gasteiger partial charge in [-0.25, -0.2) is 8.42 Å². The van der Waals surface area contributed by atoms with Gasteiger partial charge in [-0.05, 0) is 19.9 Å². The number of nitrogens with one attached hydrogen (secondary N) is 1. The number of rotatable bonds is 3. The number of hydrogen-bond acceptors (Lipinski definition) is 4. The monoisotopic (exact) mass is 258 g/mol. The van der Waals surface area contributed by atoms with E-state index in [0.29, 0.717) is 37.7 Å². The van der Waals surface area contributed by atoms with Crippen LogP contribution in [0.5, 0.6) is 0 Å². The topological polar surface area (TPSA) is 67.2 Å². The highest BCUT2D eigenvalue weighted by molar-refractivity contribution is 7.89. The van der Waals surface area contributed by atoms with Gasteiger partial charge >= 0.3 is 0 Å². The molecule has 2 rings (SSSR count). The molecule has 0 bridgehead atoms. The first-order valence-corrected chi connectivity index (χ1v) is 7.25. The van der Waals surface area contributed by atoms with Gasteiger partial charge in [0.25, 0.3) is 10.0 Å². The Balaban J connectivity index is 2.36. The molecule has 7 heteroatoms. The first-order valence-electron chi connectivity index (χ1n) is 5.81. The molecule has 0 aliphatic carbocycles. The molecule has 0 aromatic carbocycles. The van der Waals surface area contributed by atoms with Crippen molar-refractivity contribution in [2.45, 2.75) is 25.4 Å². The van der Waals surface area contributed by atoms with Crippen LogP contribution in [0.4, 0.5) is 0 Å². The predicted molar refractivity (Wildman–Crippen MR) is 64.3 cm³/mol. The third-order valence-corrected chi connectivity index (χ3v) is 4.75. The van der Waals surface area contributed by atoms with Crippen molar-refractivity contribution in [1.29, 1.82) is 0 Å². The van der Waals surface area contributed by atoms with Gasteiger partial charge in [0.1, 0.15) is 0 Å². The molecule has 1 saturated heterocycles. The SMILES string of the molecule is CCn1nc(C)cc1S(=O)(=O)N1CCNCC1. The number of aromatic nitrogens is 2. The maximum absolute atomic E-state index is 12.4. The summed E-state index contributed by atoms with van der Waals surface area (Å²) in [6, 6.07) is 1.64. The lowest BCUT2D eigenvalue weighted by Gasteiger charge is -2.26. The smallest absolute Gasteiger partial charge is 0.260 e. The summed E-state index contributed by atoms with van der Waals surface area (Å²) < 4.78 is 27.9. The standard InChI is InChI=1S/C10H18N4O2S/c1-3-14-10(8-9(2)12-14)17(15,16)13-6-4-11-5-7-13/h8,11H,3-7H2,1-2H3. The molecular formula is C10H18N4O2S. The van der Waals surface area contributed by atoms with Crippen molar-refractivity contribution in [2.75, 3.05) is 26.2 Å². The van der Waals surface area contributed by atoms with E-state index in [9.17, 15) is 8.42 Å². The molecule has 2 heterocycles. The zero-order valence-corrected chi connectivity index (χ0v) is 11.0. The van der Waals surface area contributed by atoms with Crippen LogP contribution >= 0.6 is 0 Å². The van der Waals surface area contributed by atoms with Crippen molar-refractivity contribution in [3.8, 4) is 0 Å². The van der Waals surface area contributed by atoms with E-state index in [0.717, 1.165) is 5.69 Å². The average Bonchev–Trinajstić information content (AvgIpc) is 2.72. The number of sulfonamides is 1. The van der Waals surface area contributed by atoms with Gasteiger partial charge in [-0.3, -0.25) is 4.68 Å². The fraction of sp³-hybridized carbons (Fsp3) is 0.700. The van der Waals surface area contributed by atoms with Crippen LogP contribution in [0.1, 0.15) is 12.6 Å². The van der Waals surface area contributed by atoms with Crippen molar-refractivity contribution in [3.05, 3.63) is 11.8 Å². The Kier molecular flexibility index (Phi) is 3.50. The molecule has 1 aliphatic heterocycles. The van der Waals surface area contributed by atoms with E-state index in [1.54, 1.807) is 10.7 Å². The van der Waals surface area contributed by atoms with Crippen molar-refractivity contribution < 1.29 is 8.42 Å². The van der Waals surface area contributed by atoms with E-state index in [-0.39, 0.29) is 0 Å². The van der Waals surface area contributed by atoms with Crippen LogP contribution in [0.15, 0.2) is 11.1 Å². The summed E-state index contributed by atoms with van der Waals surface area (Å²) in [5.41, 5.74) is 0.737. The van der Waals surface area contributed by atoms with Crippen molar-refractivity contribution >= 4 is 10.0 Å². The molecule has 0 unspecified atom stereocenters. The summed E-state index contributed by atoms with van der Waals surface area (Å²) in [5.74, 6) is 0. The van der Waals surface area contributed by atoms with Crippen molar-refractivity contribution in [2.24, 2.45) is 0 Å². The third-order valence-electron chi connectivity index (χ3n) is 2.84. The van der Waals surface area contributed by atoms with Gasteiger partial charge in [0.05, 0.1) is 5.69 Å². The van der Waals surface area contributed by atoms with Crippen LogP contribution in [0.2, 0.25) is 0 Å². The normalized spacial score (nSPS) is 18.5. The molecule has 1 aliphatic rings. The third kappa shape index (κ3) is 2.36. The van der Waals surface area contributed by atoms with Gasteiger partial charge < -0.3 is 5.32 Å². The van der Waals surface area contributed by atoms with Crippen LogP contribution in [0, 0.1) is 6.92 Å². The summed E-state index contributed by atoms with van der Waals surface area (Å²) >= 11 is 0. The second-order valence-corrected chi connectivity index (χ2v) is 5.98. The summed E-state index contributed by atoms with van der Waals surface area (Å²) in [5, 5.41) is 7.63. The highest BCUT2D eigenvalue weighted by atomic mass is 32.2. The summed E-state index contributed by atoms with van der Waals surface area (Å²) in [6.45, 7) is 6.73. The average molecular weight is 258 g/mol. The van der Waals surface area contributed by atoms with E-state index >= 15 is 0 Å². The fourth-order valence-corrected chi connectivity index (χ4v) is 3.66. The molecular weight excluding hydrogens is 240 g/mol. The minimum atomic E-state index is -3.39. The maximum Gasteiger partial charge on any atom is 0.260 e. The number of hydrogen-bond donors (Lipinski definition) is 1. The molecule has 1 aromatic heterocycles. The van der Waals surface area contributed by atoms with Gasteiger partial charge in [0.2, 0.25) is 0 Å². The largest absolute Gasteiger partial charge is 0.314 e. The van der Waals surface area contributed by atoms with Crippen LogP contribution < -0.4 is 5.32 Å². The van der Waals surface area contributed by atoms with Crippen LogP contribution in [0.3, 0.4) is 0 Å². The highest BCUT2D eigenvalue weighted by Crippen LogP contribution is 2.17. The molecule has 0 radical (unpaired) electrons. The Morgan fingerprint density at radius 1 is 1.41 bits per heavy atom. The molecule has 6 nitrogen and oxygen atoms in total. The Morgan fingerprint density at radius 3 is 2.65 bits per heavy atom. The fourth-order valence-electron chi connectivity index (χ4n) is 1.97. The number of piperazine rings is 1. The second kappa shape index (κ2) is 4.75. The van der Waals surface area contributed by atoms with Crippen LogP contribution in [-0.2, 0) is 16.6 Å². The minimum Gasteiger partial charge on any atom is -0.314 e. The van der Waals surface area contributed by atoms with Gasteiger partial charge in [-0.2, -0.15) is 9.40 Å². The lowest BCUT2D eigenvalue weighted by molar-refractivity contribution is 0.356. The predicted octanol–water partition coefficient (Wildman–Crippen LogP) is -0.195. The first kappa shape index (κ1) is 12.5. The van der Waals surface area contributed by atoms with Crippen LogP contribution in [-0.4, -0.2) is 48.7 Å². The summed E-state index contributed by atoms with van der Waals surface area (Å²) in [7, 11) is -3.39. The van der Waals surface area contributed by atoms with Crippen molar-refractivity contribution in [3.63, 3.8) is 0 Å². The molecule has 17 heavy (non-hydrogen) atoms. The lowest BCUT2D eigenvalue weighted by Crippen LogP contribution is -2.46. The molecule has 0 atom stereocenters. The zero-order valence-electron chi connectivity index (χ0n) is 10.2. The number of aryl methyl sites for hydroxylation is 2. The molecule has 1 N–H and O–H groups in total. The Morgan fingerprint density at radius 2 is 2.06 bits per heavy atom. The molecule has 0 amide bonds. The maximum atomic E-state index is 12.4. The molecule has 0 spiro atoms.